The largest absolute Gasteiger partial charge is 0.349 e. The summed E-state index contributed by atoms with van der Waals surface area (Å²) in [7, 11) is 0. The number of amides is 2. The van der Waals surface area contributed by atoms with E-state index in [-0.39, 0.29) is 23.8 Å². The molecule has 2 atom stereocenters. The number of benzene rings is 1. The van der Waals surface area contributed by atoms with Crippen molar-refractivity contribution in [3.63, 3.8) is 0 Å². The van der Waals surface area contributed by atoms with Crippen molar-refractivity contribution in [2.45, 2.75) is 39.2 Å². The summed E-state index contributed by atoms with van der Waals surface area (Å²) >= 11 is 0. The maximum Gasteiger partial charge on any atom is 0.251 e. The van der Waals surface area contributed by atoms with E-state index in [1.165, 1.54) is 5.56 Å². The van der Waals surface area contributed by atoms with Gasteiger partial charge in [-0.2, -0.15) is 0 Å². The van der Waals surface area contributed by atoms with Gasteiger partial charge in [0.05, 0.1) is 5.92 Å². The molecule has 130 valence electrons. The summed E-state index contributed by atoms with van der Waals surface area (Å²) in [5.74, 6) is -0.383. The van der Waals surface area contributed by atoms with Gasteiger partial charge in [0, 0.05) is 29.7 Å². The standard InChI is InChI=1S/C20H23N3O2/c1-13-6-7-16(12-14(13)2)22-20(25)17-4-3-5-18(17)23-19(24)15-8-10-21-11-9-15/h6-12,17-18H,3-5H2,1-2H3,(H,22,25)(H,23,24)/t17-,18+/m0/s1. The maximum absolute atomic E-state index is 12.7. The zero-order valence-electron chi connectivity index (χ0n) is 14.6. The molecule has 2 aromatic rings. The van der Waals surface area contributed by atoms with Crippen LogP contribution < -0.4 is 10.6 Å². The van der Waals surface area contributed by atoms with Crippen molar-refractivity contribution >= 4 is 17.5 Å². The molecule has 25 heavy (non-hydrogen) atoms. The number of nitrogens with one attached hydrogen (secondary N) is 2. The van der Waals surface area contributed by atoms with E-state index in [0.29, 0.717) is 5.56 Å². The van der Waals surface area contributed by atoms with Crippen LogP contribution in [0.4, 0.5) is 5.69 Å². The number of aryl methyl sites for hydroxylation is 2. The van der Waals surface area contributed by atoms with Crippen molar-refractivity contribution < 1.29 is 9.59 Å². The Morgan fingerprint density at radius 1 is 1.04 bits per heavy atom. The van der Waals surface area contributed by atoms with Crippen LogP contribution in [0.2, 0.25) is 0 Å². The van der Waals surface area contributed by atoms with Crippen LogP contribution in [0.3, 0.4) is 0 Å². The summed E-state index contributed by atoms with van der Waals surface area (Å²) in [4.78, 5) is 28.9. The highest BCUT2D eigenvalue weighted by Gasteiger charge is 2.34. The molecule has 0 spiro atoms. The normalized spacial score (nSPS) is 19.4. The fourth-order valence-corrected chi connectivity index (χ4v) is 3.26. The SMILES string of the molecule is Cc1ccc(NC(=O)[C@H]2CCC[C@H]2NC(=O)c2ccncc2)cc1C. The van der Waals surface area contributed by atoms with Gasteiger partial charge in [0.15, 0.2) is 0 Å². The van der Waals surface area contributed by atoms with Crippen molar-refractivity contribution in [2.24, 2.45) is 5.92 Å². The van der Waals surface area contributed by atoms with Crippen molar-refractivity contribution in [3.05, 3.63) is 59.4 Å². The fraction of sp³-hybridized carbons (Fsp3) is 0.350. The molecule has 1 aromatic heterocycles. The van der Waals surface area contributed by atoms with E-state index < -0.39 is 0 Å². The van der Waals surface area contributed by atoms with Crippen molar-refractivity contribution in [3.8, 4) is 0 Å². The molecule has 0 aliphatic heterocycles. The predicted molar refractivity (Wildman–Crippen MR) is 97.4 cm³/mol. The Hall–Kier alpha value is -2.69. The lowest BCUT2D eigenvalue weighted by Gasteiger charge is -2.21. The molecule has 5 nitrogen and oxygen atoms in total. The van der Waals surface area contributed by atoms with E-state index in [1.807, 2.05) is 32.0 Å². The summed E-state index contributed by atoms with van der Waals surface area (Å²) < 4.78 is 0. The number of carbonyl (C=O) groups is 2. The monoisotopic (exact) mass is 337 g/mol. The smallest absolute Gasteiger partial charge is 0.251 e. The Bertz CT molecular complexity index is 774. The van der Waals surface area contributed by atoms with Gasteiger partial charge in [-0.15, -0.1) is 0 Å². The van der Waals surface area contributed by atoms with Gasteiger partial charge in [0.25, 0.3) is 5.91 Å². The van der Waals surface area contributed by atoms with Crippen LogP contribution >= 0.6 is 0 Å². The van der Waals surface area contributed by atoms with E-state index in [9.17, 15) is 9.59 Å². The number of nitrogens with zero attached hydrogens (tertiary/aromatic N) is 1. The minimum absolute atomic E-state index is 0.0271. The predicted octanol–water partition coefficient (Wildman–Crippen LogP) is 3.24. The molecule has 0 radical (unpaired) electrons. The number of anilines is 1. The second-order valence-corrected chi connectivity index (χ2v) is 6.64. The molecule has 1 saturated carbocycles. The molecule has 1 fully saturated rings. The Balaban J connectivity index is 1.65. The van der Waals surface area contributed by atoms with Gasteiger partial charge in [-0.3, -0.25) is 14.6 Å². The third-order valence-corrected chi connectivity index (χ3v) is 4.89. The number of pyridine rings is 1. The molecule has 0 bridgehead atoms. The van der Waals surface area contributed by atoms with Gasteiger partial charge in [0.2, 0.25) is 5.91 Å². The summed E-state index contributed by atoms with van der Waals surface area (Å²) in [6.07, 6.45) is 5.73. The van der Waals surface area contributed by atoms with Crippen LogP contribution in [0.15, 0.2) is 42.7 Å². The maximum atomic E-state index is 12.7. The van der Waals surface area contributed by atoms with Gasteiger partial charge >= 0.3 is 0 Å². The number of aromatic nitrogens is 1. The van der Waals surface area contributed by atoms with Gasteiger partial charge < -0.3 is 10.6 Å². The third-order valence-electron chi connectivity index (χ3n) is 4.89. The van der Waals surface area contributed by atoms with Gasteiger partial charge in [-0.1, -0.05) is 12.5 Å². The minimum atomic E-state index is -0.201. The van der Waals surface area contributed by atoms with E-state index in [2.05, 4.69) is 15.6 Å². The molecule has 1 aliphatic rings. The summed E-state index contributed by atoms with van der Waals surface area (Å²) in [6.45, 7) is 4.07. The Labute approximate surface area is 147 Å². The third kappa shape index (κ3) is 4.05. The summed E-state index contributed by atoms with van der Waals surface area (Å²) in [5, 5.41) is 6.00. The molecule has 0 unspecified atom stereocenters. The van der Waals surface area contributed by atoms with Crippen molar-refractivity contribution in [1.29, 1.82) is 0 Å². The summed E-state index contributed by atoms with van der Waals surface area (Å²) in [6, 6.07) is 9.12. The molecular formula is C20H23N3O2. The molecule has 0 saturated heterocycles. The van der Waals surface area contributed by atoms with Crippen molar-refractivity contribution in [2.75, 3.05) is 5.32 Å². The van der Waals surface area contributed by atoms with Crippen molar-refractivity contribution in [1.82, 2.24) is 10.3 Å². The second-order valence-electron chi connectivity index (χ2n) is 6.64. The second kappa shape index (κ2) is 7.47. The van der Waals surface area contributed by atoms with E-state index in [1.54, 1.807) is 24.5 Å². The Morgan fingerprint density at radius 2 is 1.80 bits per heavy atom. The number of carbonyl (C=O) groups excluding carboxylic acids is 2. The number of hydrogen-bond donors (Lipinski definition) is 2. The lowest BCUT2D eigenvalue weighted by molar-refractivity contribution is -0.120. The van der Waals surface area contributed by atoms with Crippen LogP contribution in [-0.4, -0.2) is 22.8 Å². The van der Waals surface area contributed by atoms with Gasteiger partial charge in [0.1, 0.15) is 0 Å². The lowest BCUT2D eigenvalue weighted by Crippen LogP contribution is -2.42. The minimum Gasteiger partial charge on any atom is -0.349 e. The first-order chi connectivity index (χ1) is 12.0. The number of rotatable bonds is 4. The first kappa shape index (κ1) is 17.1. The van der Waals surface area contributed by atoms with Crippen LogP contribution in [0.5, 0.6) is 0 Å². The molecule has 2 N–H and O–H groups in total. The fourth-order valence-electron chi connectivity index (χ4n) is 3.26. The highest BCUT2D eigenvalue weighted by atomic mass is 16.2. The average molecular weight is 337 g/mol. The molecule has 2 amide bonds. The van der Waals surface area contributed by atoms with Gasteiger partial charge in [-0.05, 0) is 62.1 Å². The van der Waals surface area contributed by atoms with E-state index >= 15 is 0 Å². The zero-order valence-corrected chi connectivity index (χ0v) is 14.6. The first-order valence-corrected chi connectivity index (χ1v) is 8.63. The topological polar surface area (TPSA) is 71.1 Å². The Kier molecular flexibility index (Phi) is 5.12. The van der Waals surface area contributed by atoms with Crippen LogP contribution in [-0.2, 0) is 4.79 Å². The molecule has 5 heteroatoms. The summed E-state index contributed by atoms with van der Waals surface area (Å²) in [5.41, 5.74) is 3.71. The van der Waals surface area contributed by atoms with Gasteiger partial charge in [-0.25, -0.2) is 0 Å². The van der Waals surface area contributed by atoms with E-state index in [4.69, 9.17) is 0 Å². The number of hydrogen-bond acceptors (Lipinski definition) is 3. The van der Waals surface area contributed by atoms with Crippen LogP contribution in [0.25, 0.3) is 0 Å². The highest BCUT2D eigenvalue weighted by molar-refractivity contribution is 5.96. The van der Waals surface area contributed by atoms with Crippen LogP contribution in [0, 0.1) is 19.8 Å². The quantitative estimate of drug-likeness (QED) is 0.900. The lowest BCUT2D eigenvalue weighted by atomic mass is 10.0. The molecule has 3 rings (SSSR count). The van der Waals surface area contributed by atoms with E-state index in [0.717, 1.165) is 30.5 Å². The highest BCUT2D eigenvalue weighted by Crippen LogP contribution is 2.27. The van der Waals surface area contributed by atoms with Crippen LogP contribution in [0.1, 0.15) is 40.7 Å². The zero-order chi connectivity index (χ0) is 17.8. The Morgan fingerprint density at radius 3 is 2.52 bits per heavy atom. The molecule has 1 heterocycles. The average Bonchev–Trinajstić information content (AvgIpc) is 3.07. The first-order valence-electron chi connectivity index (χ1n) is 8.63. The molecular weight excluding hydrogens is 314 g/mol. The molecule has 1 aromatic carbocycles. The molecule has 1 aliphatic carbocycles.